The van der Waals surface area contributed by atoms with Crippen molar-refractivity contribution >= 4 is 17.0 Å². The van der Waals surface area contributed by atoms with Gasteiger partial charge in [0.25, 0.3) is 0 Å². The predicted molar refractivity (Wildman–Crippen MR) is 65.4 cm³/mol. The normalized spacial score (nSPS) is 22.9. The van der Waals surface area contributed by atoms with E-state index in [1.165, 1.54) is 0 Å². The first-order valence-corrected chi connectivity index (χ1v) is 6.00. The molecule has 0 radical (unpaired) electrons. The maximum atomic E-state index is 10.9. The molecule has 1 fully saturated rings. The van der Waals surface area contributed by atoms with Crippen molar-refractivity contribution in [3.8, 4) is 0 Å². The molecule has 0 saturated heterocycles. The number of fused-ring (bicyclic) bond motifs is 1. The van der Waals surface area contributed by atoms with Crippen LogP contribution in [0.1, 0.15) is 23.2 Å². The van der Waals surface area contributed by atoms with Gasteiger partial charge in [0.05, 0.1) is 29.0 Å². The lowest BCUT2D eigenvalue weighted by molar-refractivity contribution is 0.0357. The highest BCUT2D eigenvalue weighted by molar-refractivity contribution is 5.92. The van der Waals surface area contributed by atoms with Gasteiger partial charge in [0, 0.05) is 6.54 Å². The zero-order valence-corrected chi connectivity index (χ0v) is 9.78. The lowest BCUT2D eigenvalue weighted by Crippen LogP contribution is -2.31. The van der Waals surface area contributed by atoms with E-state index >= 15 is 0 Å². The van der Waals surface area contributed by atoms with Crippen LogP contribution in [0.4, 0.5) is 0 Å². The van der Waals surface area contributed by atoms with Crippen molar-refractivity contribution in [1.29, 1.82) is 0 Å². The molecule has 0 spiro atoms. The summed E-state index contributed by atoms with van der Waals surface area (Å²) in [5, 5.41) is 18.3. The molecule has 1 aliphatic rings. The minimum absolute atomic E-state index is 0.167. The lowest BCUT2D eigenvalue weighted by atomic mass is 9.82. The number of nitrogens with zero attached hydrogens (tertiary/aromatic N) is 2. The summed E-state index contributed by atoms with van der Waals surface area (Å²) in [6.45, 7) is 0.788. The molecule has 0 atom stereocenters. The Morgan fingerprint density at radius 3 is 2.89 bits per heavy atom. The van der Waals surface area contributed by atoms with E-state index in [0.29, 0.717) is 5.92 Å². The summed E-state index contributed by atoms with van der Waals surface area (Å²) in [5.74, 6) is -0.463. The molecular weight excluding hydrogens is 232 g/mol. The zero-order chi connectivity index (χ0) is 12.7. The monoisotopic (exact) mass is 246 g/mol. The standard InChI is InChI=1S/C13H14N2O3/c16-10-3-8(4-10)6-15-7-14-11-2-1-9(13(17)18)5-12(11)15/h1-2,5,7-8,10,16H,3-4,6H2,(H,17,18). The smallest absolute Gasteiger partial charge is 0.335 e. The molecule has 94 valence electrons. The minimum Gasteiger partial charge on any atom is -0.478 e. The summed E-state index contributed by atoms with van der Waals surface area (Å²) in [7, 11) is 0. The molecule has 0 amide bonds. The van der Waals surface area contributed by atoms with Crippen LogP contribution in [-0.4, -0.2) is 31.8 Å². The van der Waals surface area contributed by atoms with Crippen LogP contribution < -0.4 is 0 Å². The van der Waals surface area contributed by atoms with Gasteiger partial charge in [-0.25, -0.2) is 9.78 Å². The number of benzene rings is 1. The molecule has 5 nitrogen and oxygen atoms in total. The van der Waals surface area contributed by atoms with E-state index < -0.39 is 5.97 Å². The predicted octanol–water partition coefficient (Wildman–Crippen LogP) is 1.51. The Balaban J connectivity index is 1.91. The number of aliphatic hydroxyl groups is 1. The number of carbonyl (C=O) groups is 1. The van der Waals surface area contributed by atoms with Crippen molar-refractivity contribution in [3.05, 3.63) is 30.1 Å². The van der Waals surface area contributed by atoms with Crippen LogP contribution in [0, 0.1) is 5.92 Å². The quantitative estimate of drug-likeness (QED) is 0.860. The highest BCUT2D eigenvalue weighted by Gasteiger charge is 2.27. The Kier molecular flexibility index (Phi) is 2.56. The van der Waals surface area contributed by atoms with Crippen molar-refractivity contribution in [3.63, 3.8) is 0 Å². The molecule has 0 bridgehead atoms. The van der Waals surface area contributed by atoms with E-state index in [2.05, 4.69) is 4.98 Å². The van der Waals surface area contributed by atoms with Crippen LogP contribution in [-0.2, 0) is 6.54 Å². The summed E-state index contributed by atoms with van der Waals surface area (Å²) in [5.41, 5.74) is 1.93. The van der Waals surface area contributed by atoms with Gasteiger partial charge in [-0.15, -0.1) is 0 Å². The van der Waals surface area contributed by atoms with Gasteiger partial charge >= 0.3 is 5.97 Å². The first-order chi connectivity index (χ1) is 8.63. The van der Waals surface area contributed by atoms with Gasteiger partial charge in [-0.05, 0) is 37.0 Å². The summed E-state index contributed by atoms with van der Waals surface area (Å²) < 4.78 is 1.97. The van der Waals surface area contributed by atoms with Crippen molar-refractivity contribution in [2.75, 3.05) is 0 Å². The second-order valence-electron chi connectivity index (χ2n) is 4.90. The summed E-state index contributed by atoms with van der Waals surface area (Å²) in [6, 6.07) is 4.94. The first-order valence-electron chi connectivity index (χ1n) is 6.00. The number of hydrogen-bond donors (Lipinski definition) is 2. The average molecular weight is 246 g/mol. The van der Waals surface area contributed by atoms with Crippen LogP contribution in [0.25, 0.3) is 11.0 Å². The van der Waals surface area contributed by atoms with E-state index in [1.54, 1.807) is 24.5 Å². The van der Waals surface area contributed by atoms with Crippen molar-refractivity contribution in [2.24, 2.45) is 5.92 Å². The number of hydrogen-bond acceptors (Lipinski definition) is 3. The number of aliphatic hydroxyl groups excluding tert-OH is 1. The molecule has 5 heteroatoms. The SMILES string of the molecule is O=C(O)c1ccc2ncn(CC3CC(O)C3)c2c1. The number of aromatic carboxylic acids is 1. The van der Waals surface area contributed by atoms with E-state index in [-0.39, 0.29) is 11.7 Å². The molecule has 1 aliphatic carbocycles. The van der Waals surface area contributed by atoms with Crippen LogP contribution in [0.15, 0.2) is 24.5 Å². The van der Waals surface area contributed by atoms with Gasteiger partial charge < -0.3 is 14.8 Å². The molecule has 2 N–H and O–H groups in total. The summed E-state index contributed by atoms with van der Waals surface area (Å²) in [6.07, 6.45) is 3.21. The van der Waals surface area contributed by atoms with Gasteiger partial charge in [-0.1, -0.05) is 0 Å². The molecule has 3 rings (SSSR count). The Labute approximate surface area is 104 Å². The number of imidazole rings is 1. The molecule has 1 saturated carbocycles. The highest BCUT2D eigenvalue weighted by atomic mass is 16.4. The summed E-state index contributed by atoms with van der Waals surface area (Å²) in [4.78, 5) is 15.2. The van der Waals surface area contributed by atoms with E-state index in [1.807, 2.05) is 4.57 Å². The molecule has 18 heavy (non-hydrogen) atoms. The number of aromatic nitrogens is 2. The van der Waals surface area contributed by atoms with Gasteiger partial charge in [-0.2, -0.15) is 0 Å². The van der Waals surface area contributed by atoms with Crippen LogP contribution in [0.5, 0.6) is 0 Å². The Hall–Kier alpha value is -1.88. The molecular formula is C13H14N2O3. The van der Waals surface area contributed by atoms with E-state index in [9.17, 15) is 9.90 Å². The average Bonchev–Trinajstić information content (AvgIpc) is 2.69. The van der Waals surface area contributed by atoms with Crippen molar-refractivity contribution in [1.82, 2.24) is 9.55 Å². The molecule has 2 aromatic rings. The molecule has 1 aromatic heterocycles. The first kappa shape index (κ1) is 11.2. The van der Waals surface area contributed by atoms with Gasteiger partial charge in [0.1, 0.15) is 0 Å². The summed E-state index contributed by atoms with van der Waals surface area (Å²) >= 11 is 0. The topological polar surface area (TPSA) is 75.3 Å². The van der Waals surface area contributed by atoms with Crippen molar-refractivity contribution in [2.45, 2.75) is 25.5 Å². The molecule has 0 aliphatic heterocycles. The number of carboxylic acids is 1. The van der Waals surface area contributed by atoms with Gasteiger partial charge in [-0.3, -0.25) is 0 Å². The fraction of sp³-hybridized carbons (Fsp3) is 0.385. The van der Waals surface area contributed by atoms with Crippen LogP contribution in [0.3, 0.4) is 0 Å². The third-order valence-corrected chi connectivity index (χ3v) is 3.53. The van der Waals surface area contributed by atoms with Crippen LogP contribution >= 0.6 is 0 Å². The molecule has 1 heterocycles. The second-order valence-corrected chi connectivity index (χ2v) is 4.90. The van der Waals surface area contributed by atoms with Gasteiger partial charge in [0.2, 0.25) is 0 Å². The second kappa shape index (κ2) is 4.10. The highest BCUT2D eigenvalue weighted by Crippen LogP contribution is 2.29. The third-order valence-electron chi connectivity index (χ3n) is 3.53. The Morgan fingerprint density at radius 2 is 2.22 bits per heavy atom. The van der Waals surface area contributed by atoms with E-state index in [0.717, 1.165) is 30.4 Å². The van der Waals surface area contributed by atoms with Gasteiger partial charge in [0.15, 0.2) is 0 Å². The maximum absolute atomic E-state index is 10.9. The largest absolute Gasteiger partial charge is 0.478 e. The number of carboxylic acid groups (broad SMARTS) is 1. The zero-order valence-electron chi connectivity index (χ0n) is 9.78. The lowest BCUT2D eigenvalue weighted by Gasteiger charge is -2.31. The van der Waals surface area contributed by atoms with Crippen LogP contribution in [0.2, 0.25) is 0 Å². The molecule has 1 aromatic carbocycles. The number of rotatable bonds is 3. The fourth-order valence-corrected chi connectivity index (χ4v) is 2.46. The molecule has 0 unspecified atom stereocenters. The Morgan fingerprint density at radius 1 is 1.44 bits per heavy atom. The minimum atomic E-state index is -0.927. The Bertz CT molecular complexity index is 599. The fourth-order valence-electron chi connectivity index (χ4n) is 2.46. The van der Waals surface area contributed by atoms with Crippen molar-refractivity contribution < 1.29 is 15.0 Å². The third kappa shape index (κ3) is 1.86. The van der Waals surface area contributed by atoms with E-state index in [4.69, 9.17) is 5.11 Å². The maximum Gasteiger partial charge on any atom is 0.335 e.